The standard InChI is InChI=1S/C12H11N5O/c1-8-3-2-4-9(5-8)17-11-10(6-15-17)12(18)16(13)7-14-11/h2-7H,13H2,1H3. The van der Waals surface area contributed by atoms with Crippen LogP contribution < -0.4 is 11.4 Å². The molecule has 1 aromatic carbocycles. The number of hydrogen-bond acceptors (Lipinski definition) is 4. The van der Waals surface area contributed by atoms with Crippen LogP contribution in [0.25, 0.3) is 16.7 Å². The van der Waals surface area contributed by atoms with Gasteiger partial charge in [-0.25, -0.2) is 14.3 Å². The van der Waals surface area contributed by atoms with E-state index in [-0.39, 0.29) is 5.56 Å². The van der Waals surface area contributed by atoms with Gasteiger partial charge in [-0.2, -0.15) is 5.10 Å². The number of benzene rings is 1. The second kappa shape index (κ2) is 3.69. The Morgan fingerprint density at radius 3 is 2.94 bits per heavy atom. The van der Waals surface area contributed by atoms with Crippen molar-refractivity contribution in [3.63, 3.8) is 0 Å². The first-order valence-corrected chi connectivity index (χ1v) is 5.44. The lowest BCUT2D eigenvalue weighted by atomic mass is 10.2. The Balaban J connectivity index is 2.32. The highest BCUT2D eigenvalue weighted by atomic mass is 16.1. The lowest BCUT2D eigenvalue weighted by Crippen LogP contribution is -2.26. The number of hydrogen-bond donors (Lipinski definition) is 1. The fourth-order valence-corrected chi connectivity index (χ4v) is 1.87. The molecule has 3 rings (SSSR count). The zero-order chi connectivity index (χ0) is 12.7. The molecule has 2 N–H and O–H groups in total. The van der Waals surface area contributed by atoms with Gasteiger partial charge in [0.05, 0.1) is 11.9 Å². The van der Waals surface area contributed by atoms with E-state index >= 15 is 0 Å². The first kappa shape index (κ1) is 10.5. The smallest absolute Gasteiger partial charge is 0.282 e. The van der Waals surface area contributed by atoms with Crippen LogP contribution in [0.2, 0.25) is 0 Å². The highest BCUT2D eigenvalue weighted by molar-refractivity contribution is 5.74. The third kappa shape index (κ3) is 1.46. The fraction of sp³-hybridized carbons (Fsp3) is 0.0833. The van der Waals surface area contributed by atoms with Crippen LogP contribution in [0.15, 0.2) is 41.6 Å². The van der Waals surface area contributed by atoms with E-state index < -0.39 is 0 Å². The number of rotatable bonds is 1. The molecule has 0 aliphatic heterocycles. The van der Waals surface area contributed by atoms with Crippen LogP contribution in [0.3, 0.4) is 0 Å². The number of nitrogen functional groups attached to an aromatic ring is 1. The molecule has 0 aliphatic rings. The molecule has 90 valence electrons. The first-order chi connectivity index (χ1) is 8.66. The molecule has 0 amide bonds. The maximum absolute atomic E-state index is 11.8. The molecule has 6 heteroatoms. The van der Waals surface area contributed by atoms with Gasteiger partial charge < -0.3 is 5.84 Å². The van der Waals surface area contributed by atoms with E-state index in [2.05, 4.69) is 10.1 Å². The van der Waals surface area contributed by atoms with Gasteiger partial charge in [-0.05, 0) is 24.6 Å². The third-order valence-electron chi connectivity index (χ3n) is 2.76. The van der Waals surface area contributed by atoms with E-state index in [1.54, 1.807) is 4.68 Å². The predicted molar refractivity (Wildman–Crippen MR) is 68.0 cm³/mol. The Labute approximate surface area is 102 Å². The summed E-state index contributed by atoms with van der Waals surface area (Å²) in [6, 6.07) is 7.81. The van der Waals surface area contributed by atoms with E-state index in [1.807, 2.05) is 31.2 Å². The maximum Gasteiger partial charge on any atom is 0.282 e. The number of nitrogens with two attached hydrogens (primary N) is 1. The number of fused-ring (bicyclic) bond motifs is 1. The molecule has 18 heavy (non-hydrogen) atoms. The molecule has 6 nitrogen and oxygen atoms in total. The third-order valence-corrected chi connectivity index (χ3v) is 2.76. The molecule has 0 radical (unpaired) electrons. The predicted octanol–water partition coefficient (Wildman–Crippen LogP) is 0.604. The fourth-order valence-electron chi connectivity index (χ4n) is 1.87. The van der Waals surface area contributed by atoms with Gasteiger partial charge >= 0.3 is 0 Å². The van der Waals surface area contributed by atoms with Gasteiger partial charge in [-0.3, -0.25) is 4.79 Å². The van der Waals surface area contributed by atoms with Gasteiger partial charge in [0.25, 0.3) is 5.56 Å². The summed E-state index contributed by atoms with van der Waals surface area (Å²) in [7, 11) is 0. The lowest BCUT2D eigenvalue weighted by molar-refractivity contribution is 0.873. The van der Waals surface area contributed by atoms with Crippen molar-refractivity contribution in [1.82, 2.24) is 19.4 Å². The summed E-state index contributed by atoms with van der Waals surface area (Å²) in [5.74, 6) is 5.46. The zero-order valence-electron chi connectivity index (χ0n) is 9.74. The molecule has 0 bridgehead atoms. The average Bonchev–Trinajstić information content (AvgIpc) is 2.78. The van der Waals surface area contributed by atoms with Crippen molar-refractivity contribution in [3.05, 3.63) is 52.7 Å². The van der Waals surface area contributed by atoms with Crippen LogP contribution in [0.5, 0.6) is 0 Å². The van der Waals surface area contributed by atoms with Crippen molar-refractivity contribution in [2.75, 3.05) is 5.84 Å². The molecule has 0 atom stereocenters. The quantitative estimate of drug-likeness (QED) is 0.633. The zero-order valence-corrected chi connectivity index (χ0v) is 9.74. The van der Waals surface area contributed by atoms with Gasteiger partial charge in [0.2, 0.25) is 0 Å². The Morgan fingerprint density at radius 2 is 2.17 bits per heavy atom. The van der Waals surface area contributed by atoms with Crippen molar-refractivity contribution in [3.8, 4) is 5.69 Å². The molecule has 2 heterocycles. The van der Waals surface area contributed by atoms with Gasteiger partial charge in [0, 0.05) is 0 Å². The van der Waals surface area contributed by atoms with Crippen LogP contribution in [0.1, 0.15) is 5.56 Å². The van der Waals surface area contributed by atoms with Gasteiger partial charge in [-0.15, -0.1) is 0 Å². The summed E-state index contributed by atoms with van der Waals surface area (Å²) in [4.78, 5) is 15.9. The molecule has 0 spiro atoms. The molecule has 0 saturated heterocycles. The average molecular weight is 241 g/mol. The Hall–Kier alpha value is -2.63. The minimum Gasteiger partial charge on any atom is -0.335 e. The van der Waals surface area contributed by atoms with E-state index in [0.717, 1.165) is 15.9 Å². The maximum atomic E-state index is 11.8. The van der Waals surface area contributed by atoms with Gasteiger partial charge in [-0.1, -0.05) is 12.1 Å². The molecule has 2 aromatic heterocycles. The minimum atomic E-state index is -0.307. The Morgan fingerprint density at radius 1 is 1.33 bits per heavy atom. The highest BCUT2D eigenvalue weighted by Crippen LogP contribution is 2.14. The Kier molecular flexibility index (Phi) is 2.16. The normalized spacial score (nSPS) is 10.9. The topological polar surface area (TPSA) is 78.7 Å². The van der Waals surface area contributed by atoms with Crippen molar-refractivity contribution in [2.45, 2.75) is 6.92 Å². The molecule has 0 unspecified atom stereocenters. The lowest BCUT2D eigenvalue weighted by Gasteiger charge is -2.03. The van der Waals surface area contributed by atoms with Crippen LogP contribution >= 0.6 is 0 Å². The summed E-state index contributed by atoms with van der Waals surface area (Å²) < 4.78 is 2.58. The van der Waals surface area contributed by atoms with Gasteiger partial charge in [0.15, 0.2) is 5.65 Å². The van der Waals surface area contributed by atoms with Crippen LogP contribution in [0.4, 0.5) is 0 Å². The summed E-state index contributed by atoms with van der Waals surface area (Å²) in [6.07, 6.45) is 2.77. The molecule has 0 aliphatic carbocycles. The SMILES string of the molecule is Cc1cccc(-n2ncc3c(=O)n(N)cnc32)c1. The summed E-state index contributed by atoms with van der Waals surface area (Å²) >= 11 is 0. The van der Waals surface area contributed by atoms with E-state index in [4.69, 9.17) is 5.84 Å². The number of nitrogens with zero attached hydrogens (tertiary/aromatic N) is 4. The molecular weight excluding hydrogens is 230 g/mol. The van der Waals surface area contributed by atoms with Crippen molar-refractivity contribution >= 4 is 11.0 Å². The molecular formula is C12H11N5O. The second-order valence-electron chi connectivity index (χ2n) is 4.09. The summed E-state index contributed by atoms with van der Waals surface area (Å²) in [6.45, 7) is 2.00. The first-order valence-electron chi connectivity index (χ1n) is 5.44. The number of aromatic nitrogens is 4. The summed E-state index contributed by atoms with van der Waals surface area (Å²) in [5.41, 5.74) is 2.18. The van der Waals surface area contributed by atoms with Crippen molar-refractivity contribution < 1.29 is 0 Å². The van der Waals surface area contributed by atoms with E-state index in [0.29, 0.717) is 11.0 Å². The van der Waals surface area contributed by atoms with E-state index in [9.17, 15) is 4.79 Å². The van der Waals surface area contributed by atoms with Crippen molar-refractivity contribution in [1.29, 1.82) is 0 Å². The highest BCUT2D eigenvalue weighted by Gasteiger charge is 2.10. The van der Waals surface area contributed by atoms with Gasteiger partial charge in [0.1, 0.15) is 11.7 Å². The van der Waals surface area contributed by atoms with Crippen molar-refractivity contribution in [2.24, 2.45) is 0 Å². The second-order valence-corrected chi connectivity index (χ2v) is 4.09. The summed E-state index contributed by atoms with van der Waals surface area (Å²) in [5, 5.41) is 4.60. The number of aryl methyl sites for hydroxylation is 1. The molecule has 0 fully saturated rings. The van der Waals surface area contributed by atoms with Crippen LogP contribution in [-0.4, -0.2) is 19.4 Å². The molecule has 0 saturated carbocycles. The Bertz CT molecular complexity index is 787. The van der Waals surface area contributed by atoms with Crippen LogP contribution in [0, 0.1) is 6.92 Å². The van der Waals surface area contributed by atoms with Crippen LogP contribution in [-0.2, 0) is 0 Å². The largest absolute Gasteiger partial charge is 0.335 e. The minimum absolute atomic E-state index is 0.307. The molecule has 3 aromatic rings. The monoisotopic (exact) mass is 241 g/mol. The van der Waals surface area contributed by atoms with E-state index in [1.165, 1.54) is 12.5 Å².